The number of ether oxygens (including phenoxy) is 1. The van der Waals surface area contributed by atoms with Gasteiger partial charge in [-0.25, -0.2) is 9.97 Å². The van der Waals surface area contributed by atoms with E-state index in [2.05, 4.69) is 9.97 Å². The van der Waals surface area contributed by atoms with Crippen LogP contribution in [0.4, 0.5) is 5.69 Å². The molecule has 0 unspecified atom stereocenters. The number of nitrogen functional groups attached to an aromatic ring is 1. The smallest absolute Gasteiger partial charge is 0.141 e. The Kier molecular flexibility index (Phi) is 2.72. The highest BCUT2D eigenvalue weighted by Gasteiger charge is 2.04. The second kappa shape index (κ2) is 4.18. The maximum Gasteiger partial charge on any atom is 0.141 e. The van der Waals surface area contributed by atoms with Crippen LogP contribution in [0.15, 0.2) is 30.6 Å². The quantitative estimate of drug-likeness (QED) is 0.779. The van der Waals surface area contributed by atoms with Crippen LogP contribution in [0.2, 0.25) is 0 Å². The van der Waals surface area contributed by atoms with Crippen LogP contribution in [0.5, 0.6) is 5.75 Å². The molecule has 4 nitrogen and oxygen atoms in total. The van der Waals surface area contributed by atoms with E-state index in [1.54, 1.807) is 13.4 Å². The highest BCUT2D eigenvalue weighted by atomic mass is 16.5. The summed E-state index contributed by atoms with van der Waals surface area (Å²) in [6, 6.07) is 7.53. The Hall–Kier alpha value is -2.10. The van der Waals surface area contributed by atoms with E-state index in [-0.39, 0.29) is 0 Å². The lowest BCUT2D eigenvalue weighted by atomic mass is 10.1. The molecule has 2 aromatic rings. The van der Waals surface area contributed by atoms with Gasteiger partial charge in [0.2, 0.25) is 0 Å². The van der Waals surface area contributed by atoms with E-state index in [4.69, 9.17) is 10.5 Å². The average molecular weight is 215 g/mol. The third-order valence-electron chi connectivity index (χ3n) is 2.33. The minimum Gasteiger partial charge on any atom is -0.495 e. The monoisotopic (exact) mass is 215 g/mol. The zero-order valence-electron chi connectivity index (χ0n) is 9.27. The van der Waals surface area contributed by atoms with Crippen molar-refractivity contribution in [2.45, 2.75) is 6.92 Å². The molecular formula is C12H13N3O. The molecule has 0 aliphatic carbocycles. The van der Waals surface area contributed by atoms with Crippen LogP contribution in [0.25, 0.3) is 11.3 Å². The highest BCUT2D eigenvalue weighted by Crippen LogP contribution is 2.27. The lowest BCUT2D eigenvalue weighted by Crippen LogP contribution is -1.94. The molecule has 1 heterocycles. The van der Waals surface area contributed by atoms with Crippen molar-refractivity contribution in [1.82, 2.24) is 9.97 Å². The molecule has 0 saturated carbocycles. The van der Waals surface area contributed by atoms with Gasteiger partial charge in [-0.15, -0.1) is 0 Å². The van der Waals surface area contributed by atoms with Crippen molar-refractivity contribution in [2.75, 3.05) is 12.8 Å². The fourth-order valence-corrected chi connectivity index (χ4v) is 1.51. The van der Waals surface area contributed by atoms with Gasteiger partial charge in [-0.1, -0.05) is 0 Å². The van der Waals surface area contributed by atoms with Gasteiger partial charge in [0.15, 0.2) is 0 Å². The summed E-state index contributed by atoms with van der Waals surface area (Å²) in [5, 5.41) is 0. The number of nitrogens with two attached hydrogens (primary N) is 1. The van der Waals surface area contributed by atoms with E-state index in [9.17, 15) is 0 Å². The van der Waals surface area contributed by atoms with Crippen molar-refractivity contribution < 1.29 is 4.74 Å². The van der Waals surface area contributed by atoms with E-state index in [1.165, 1.54) is 0 Å². The van der Waals surface area contributed by atoms with E-state index in [0.29, 0.717) is 11.4 Å². The van der Waals surface area contributed by atoms with E-state index < -0.39 is 0 Å². The van der Waals surface area contributed by atoms with Crippen molar-refractivity contribution in [3.8, 4) is 17.0 Å². The Morgan fingerprint density at radius 3 is 2.62 bits per heavy atom. The van der Waals surface area contributed by atoms with Gasteiger partial charge in [-0.2, -0.15) is 0 Å². The normalized spacial score (nSPS) is 10.1. The third-order valence-corrected chi connectivity index (χ3v) is 2.33. The predicted octanol–water partition coefficient (Wildman–Crippen LogP) is 2.04. The van der Waals surface area contributed by atoms with Gasteiger partial charge in [0.25, 0.3) is 0 Å². The van der Waals surface area contributed by atoms with Gasteiger partial charge in [-0.3, -0.25) is 0 Å². The molecule has 0 bridgehead atoms. The number of anilines is 1. The molecule has 0 atom stereocenters. The Labute approximate surface area is 94.1 Å². The molecule has 2 N–H and O–H groups in total. The van der Waals surface area contributed by atoms with E-state index >= 15 is 0 Å². The summed E-state index contributed by atoms with van der Waals surface area (Å²) in [6.45, 7) is 1.93. The molecule has 0 aliphatic rings. The first-order chi connectivity index (χ1) is 7.70. The molecule has 0 saturated heterocycles. The Bertz CT molecular complexity index is 511. The van der Waals surface area contributed by atoms with E-state index in [1.807, 2.05) is 31.2 Å². The fourth-order valence-electron chi connectivity index (χ4n) is 1.51. The van der Waals surface area contributed by atoms with Crippen LogP contribution in [-0.4, -0.2) is 17.1 Å². The van der Waals surface area contributed by atoms with Crippen molar-refractivity contribution in [2.24, 2.45) is 0 Å². The summed E-state index contributed by atoms with van der Waals surface area (Å²) in [7, 11) is 1.60. The SMILES string of the molecule is COc1ccc(-c2cc(C)ncn2)cc1N. The molecule has 0 spiro atoms. The van der Waals surface area contributed by atoms with Gasteiger partial charge in [0, 0.05) is 11.3 Å². The van der Waals surface area contributed by atoms with Crippen molar-refractivity contribution in [3.05, 3.63) is 36.3 Å². The first kappa shape index (κ1) is 10.4. The molecule has 16 heavy (non-hydrogen) atoms. The van der Waals surface area contributed by atoms with Crippen molar-refractivity contribution in [3.63, 3.8) is 0 Å². The Balaban J connectivity index is 2.45. The second-order valence-corrected chi connectivity index (χ2v) is 3.50. The summed E-state index contributed by atoms with van der Waals surface area (Å²) in [5.74, 6) is 0.675. The molecule has 1 aromatic heterocycles. The summed E-state index contributed by atoms with van der Waals surface area (Å²) < 4.78 is 5.10. The van der Waals surface area contributed by atoms with Crippen LogP contribution in [0.3, 0.4) is 0 Å². The van der Waals surface area contributed by atoms with Crippen LogP contribution in [0, 0.1) is 6.92 Å². The third kappa shape index (κ3) is 1.95. The molecular weight excluding hydrogens is 202 g/mol. The first-order valence-electron chi connectivity index (χ1n) is 4.93. The van der Waals surface area contributed by atoms with Crippen LogP contribution >= 0.6 is 0 Å². The number of benzene rings is 1. The standard InChI is InChI=1S/C12H13N3O/c1-8-5-11(15-7-14-8)9-3-4-12(16-2)10(13)6-9/h3-7H,13H2,1-2H3. The van der Waals surface area contributed by atoms with Gasteiger partial charge >= 0.3 is 0 Å². The molecule has 2 rings (SSSR count). The van der Waals surface area contributed by atoms with Gasteiger partial charge in [0.1, 0.15) is 12.1 Å². The van der Waals surface area contributed by atoms with Crippen LogP contribution in [-0.2, 0) is 0 Å². The fraction of sp³-hybridized carbons (Fsp3) is 0.167. The summed E-state index contributed by atoms with van der Waals surface area (Å²) in [5.41, 5.74) is 9.20. The molecule has 1 aromatic carbocycles. The number of aromatic nitrogens is 2. The number of hydrogen-bond donors (Lipinski definition) is 1. The summed E-state index contributed by atoms with van der Waals surface area (Å²) >= 11 is 0. The van der Waals surface area contributed by atoms with Crippen LogP contribution in [0.1, 0.15) is 5.69 Å². The molecule has 4 heteroatoms. The van der Waals surface area contributed by atoms with Crippen molar-refractivity contribution in [1.29, 1.82) is 0 Å². The van der Waals surface area contributed by atoms with Crippen LogP contribution < -0.4 is 10.5 Å². The summed E-state index contributed by atoms with van der Waals surface area (Å²) in [4.78, 5) is 8.25. The van der Waals surface area contributed by atoms with Gasteiger partial charge in [0.05, 0.1) is 18.5 Å². The zero-order valence-corrected chi connectivity index (χ0v) is 9.27. The number of methoxy groups -OCH3 is 1. The second-order valence-electron chi connectivity index (χ2n) is 3.50. The first-order valence-corrected chi connectivity index (χ1v) is 4.93. The molecule has 82 valence electrons. The predicted molar refractivity (Wildman–Crippen MR) is 63.2 cm³/mol. The van der Waals surface area contributed by atoms with E-state index in [0.717, 1.165) is 17.0 Å². The molecule has 0 fully saturated rings. The van der Waals surface area contributed by atoms with Gasteiger partial charge in [-0.05, 0) is 31.2 Å². The Morgan fingerprint density at radius 2 is 2.00 bits per heavy atom. The average Bonchev–Trinajstić information content (AvgIpc) is 2.29. The van der Waals surface area contributed by atoms with Gasteiger partial charge < -0.3 is 10.5 Å². The summed E-state index contributed by atoms with van der Waals surface area (Å²) in [6.07, 6.45) is 1.55. The largest absolute Gasteiger partial charge is 0.495 e. The number of hydrogen-bond acceptors (Lipinski definition) is 4. The highest BCUT2D eigenvalue weighted by molar-refractivity contribution is 5.68. The lowest BCUT2D eigenvalue weighted by molar-refractivity contribution is 0.417. The minimum absolute atomic E-state index is 0.608. The Morgan fingerprint density at radius 1 is 1.19 bits per heavy atom. The topological polar surface area (TPSA) is 61.0 Å². The maximum atomic E-state index is 5.84. The number of rotatable bonds is 2. The minimum atomic E-state index is 0.608. The maximum absolute atomic E-state index is 5.84. The lowest BCUT2D eigenvalue weighted by Gasteiger charge is -2.06. The number of aryl methyl sites for hydroxylation is 1. The zero-order chi connectivity index (χ0) is 11.5. The van der Waals surface area contributed by atoms with Crippen molar-refractivity contribution >= 4 is 5.69 Å². The molecule has 0 amide bonds. The number of nitrogens with zero attached hydrogens (tertiary/aromatic N) is 2. The molecule has 0 radical (unpaired) electrons. The molecule has 0 aliphatic heterocycles.